The summed E-state index contributed by atoms with van der Waals surface area (Å²) in [4.78, 5) is 4.21. The summed E-state index contributed by atoms with van der Waals surface area (Å²) in [5, 5.41) is 3.48. The number of rotatable bonds is 9. The summed E-state index contributed by atoms with van der Waals surface area (Å²) in [5.41, 5.74) is 2.53. The molecule has 0 aliphatic carbocycles. The highest BCUT2D eigenvalue weighted by Gasteiger charge is 2.12. The Kier molecular flexibility index (Phi) is 7.57. The Balaban J connectivity index is 2.47. The number of nitrogens with zero attached hydrogens (tertiary/aromatic N) is 1. The summed E-state index contributed by atoms with van der Waals surface area (Å²) in [6, 6.07) is 2.36. The van der Waals surface area contributed by atoms with Gasteiger partial charge in [0.2, 0.25) is 0 Å². The summed E-state index contributed by atoms with van der Waals surface area (Å²) >= 11 is 0. The zero-order valence-electron chi connectivity index (χ0n) is 11.6. The van der Waals surface area contributed by atoms with Gasteiger partial charge in [-0.25, -0.2) is 0 Å². The number of pyridine rings is 1. The first kappa shape index (κ1) is 15.1. The molecule has 1 rings (SSSR count). The monoisotopic (exact) mass is 252 g/mol. The summed E-state index contributed by atoms with van der Waals surface area (Å²) in [7, 11) is 1.68. The van der Waals surface area contributed by atoms with Gasteiger partial charge in [-0.2, -0.15) is 0 Å². The summed E-state index contributed by atoms with van der Waals surface area (Å²) < 4.78 is 10.5. The third kappa shape index (κ3) is 5.12. The van der Waals surface area contributed by atoms with Crippen molar-refractivity contribution in [3.8, 4) is 0 Å². The van der Waals surface area contributed by atoms with E-state index in [1.165, 1.54) is 11.1 Å². The lowest BCUT2D eigenvalue weighted by Crippen LogP contribution is -2.23. The first-order valence-electron chi connectivity index (χ1n) is 6.50. The van der Waals surface area contributed by atoms with E-state index < -0.39 is 0 Å². The van der Waals surface area contributed by atoms with Gasteiger partial charge in [0.25, 0.3) is 0 Å². The van der Waals surface area contributed by atoms with Gasteiger partial charge in [0, 0.05) is 32.2 Å². The largest absolute Gasteiger partial charge is 0.382 e. The highest BCUT2D eigenvalue weighted by molar-refractivity contribution is 5.24. The zero-order chi connectivity index (χ0) is 13.2. The Labute approximate surface area is 110 Å². The summed E-state index contributed by atoms with van der Waals surface area (Å²) in [5.74, 6) is 0. The number of methoxy groups -OCH3 is 1. The van der Waals surface area contributed by atoms with E-state index in [1.54, 1.807) is 7.11 Å². The predicted molar refractivity (Wildman–Crippen MR) is 72.7 cm³/mol. The molecule has 0 aromatic carbocycles. The standard InChI is InChI=1S/C14H24N2O2/c1-4-16-14(6-8-18-10-9-17-3)13-11-15-7-5-12(13)2/h5,7,11,14,16H,4,6,8-10H2,1-3H3. The molecule has 1 N–H and O–H groups in total. The fourth-order valence-corrected chi connectivity index (χ4v) is 1.90. The molecule has 1 heterocycles. The van der Waals surface area contributed by atoms with Crippen molar-refractivity contribution in [3.05, 3.63) is 29.6 Å². The molecule has 1 aromatic rings. The van der Waals surface area contributed by atoms with E-state index in [0.717, 1.165) is 19.6 Å². The molecule has 102 valence electrons. The van der Waals surface area contributed by atoms with Gasteiger partial charge in [-0.1, -0.05) is 6.92 Å². The van der Waals surface area contributed by atoms with Crippen molar-refractivity contribution in [2.75, 3.05) is 33.5 Å². The molecule has 1 unspecified atom stereocenters. The molecule has 4 heteroatoms. The van der Waals surface area contributed by atoms with Crippen LogP contribution in [-0.2, 0) is 9.47 Å². The fraction of sp³-hybridized carbons (Fsp3) is 0.643. The van der Waals surface area contributed by atoms with E-state index in [9.17, 15) is 0 Å². The minimum atomic E-state index is 0.311. The van der Waals surface area contributed by atoms with Crippen LogP contribution >= 0.6 is 0 Å². The Hall–Kier alpha value is -0.970. The maximum Gasteiger partial charge on any atom is 0.0700 e. The number of ether oxygens (including phenoxy) is 2. The molecule has 0 bridgehead atoms. The van der Waals surface area contributed by atoms with Crippen molar-refractivity contribution >= 4 is 0 Å². The number of aryl methyl sites for hydroxylation is 1. The predicted octanol–water partition coefficient (Wildman–Crippen LogP) is 2.09. The molecule has 1 atom stereocenters. The van der Waals surface area contributed by atoms with Crippen molar-refractivity contribution in [2.45, 2.75) is 26.3 Å². The van der Waals surface area contributed by atoms with Gasteiger partial charge in [0.05, 0.1) is 13.2 Å². The number of nitrogens with one attached hydrogen (secondary N) is 1. The van der Waals surface area contributed by atoms with Gasteiger partial charge in [-0.05, 0) is 37.1 Å². The molecule has 0 saturated heterocycles. The first-order chi connectivity index (χ1) is 8.79. The molecule has 4 nitrogen and oxygen atoms in total. The van der Waals surface area contributed by atoms with Crippen molar-refractivity contribution in [2.24, 2.45) is 0 Å². The minimum Gasteiger partial charge on any atom is -0.382 e. The second-order valence-corrected chi connectivity index (χ2v) is 4.24. The molecule has 0 amide bonds. The summed E-state index contributed by atoms with van der Waals surface area (Å²) in [6.45, 7) is 7.21. The topological polar surface area (TPSA) is 43.4 Å². The average Bonchev–Trinajstić information content (AvgIpc) is 2.38. The van der Waals surface area contributed by atoms with E-state index in [-0.39, 0.29) is 0 Å². The van der Waals surface area contributed by atoms with Crippen LogP contribution in [0.4, 0.5) is 0 Å². The normalized spacial score (nSPS) is 12.6. The molecule has 0 spiro atoms. The second-order valence-electron chi connectivity index (χ2n) is 4.24. The third-order valence-electron chi connectivity index (χ3n) is 2.89. The molecule has 18 heavy (non-hydrogen) atoms. The Bertz CT molecular complexity index is 331. The molecular weight excluding hydrogens is 228 g/mol. The molecular formula is C14H24N2O2. The van der Waals surface area contributed by atoms with Crippen molar-refractivity contribution in [3.63, 3.8) is 0 Å². The maximum absolute atomic E-state index is 5.53. The van der Waals surface area contributed by atoms with Crippen LogP contribution in [0, 0.1) is 6.92 Å². The Morgan fingerprint density at radius 2 is 2.17 bits per heavy atom. The molecule has 0 radical (unpaired) electrons. The van der Waals surface area contributed by atoms with Gasteiger partial charge in [-0.3, -0.25) is 4.98 Å². The van der Waals surface area contributed by atoms with Crippen LogP contribution in [0.15, 0.2) is 18.5 Å². The van der Waals surface area contributed by atoms with Crippen LogP contribution in [0.5, 0.6) is 0 Å². The summed E-state index contributed by atoms with van der Waals surface area (Å²) in [6.07, 6.45) is 4.72. The highest BCUT2D eigenvalue weighted by Crippen LogP contribution is 2.19. The second kappa shape index (κ2) is 9.03. The van der Waals surface area contributed by atoms with Gasteiger partial charge < -0.3 is 14.8 Å². The Morgan fingerprint density at radius 3 is 2.83 bits per heavy atom. The van der Waals surface area contributed by atoms with Crippen LogP contribution in [0.2, 0.25) is 0 Å². The molecule has 0 aliphatic heterocycles. The lowest BCUT2D eigenvalue weighted by atomic mass is 10.0. The number of hydrogen-bond donors (Lipinski definition) is 1. The van der Waals surface area contributed by atoms with E-state index in [1.807, 2.05) is 18.5 Å². The molecule has 0 aliphatic rings. The van der Waals surface area contributed by atoms with Crippen molar-refractivity contribution < 1.29 is 9.47 Å². The van der Waals surface area contributed by atoms with Gasteiger partial charge in [0.15, 0.2) is 0 Å². The number of hydrogen-bond acceptors (Lipinski definition) is 4. The van der Waals surface area contributed by atoms with Gasteiger partial charge in [-0.15, -0.1) is 0 Å². The molecule has 1 aromatic heterocycles. The number of aromatic nitrogens is 1. The van der Waals surface area contributed by atoms with E-state index >= 15 is 0 Å². The fourth-order valence-electron chi connectivity index (χ4n) is 1.90. The quantitative estimate of drug-likeness (QED) is 0.683. The lowest BCUT2D eigenvalue weighted by Gasteiger charge is -2.19. The van der Waals surface area contributed by atoms with E-state index in [0.29, 0.717) is 19.3 Å². The van der Waals surface area contributed by atoms with Gasteiger partial charge in [0.1, 0.15) is 0 Å². The molecule has 0 fully saturated rings. The van der Waals surface area contributed by atoms with E-state index in [4.69, 9.17) is 9.47 Å². The maximum atomic E-state index is 5.53. The van der Waals surface area contributed by atoms with Crippen LogP contribution < -0.4 is 5.32 Å². The van der Waals surface area contributed by atoms with Crippen LogP contribution in [0.3, 0.4) is 0 Å². The smallest absolute Gasteiger partial charge is 0.0700 e. The van der Waals surface area contributed by atoms with Crippen molar-refractivity contribution in [1.82, 2.24) is 10.3 Å². The van der Waals surface area contributed by atoms with Gasteiger partial charge >= 0.3 is 0 Å². The lowest BCUT2D eigenvalue weighted by molar-refractivity contribution is 0.0658. The van der Waals surface area contributed by atoms with E-state index in [2.05, 4.69) is 24.1 Å². The minimum absolute atomic E-state index is 0.311. The first-order valence-corrected chi connectivity index (χ1v) is 6.50. The zero-order valence-corrected chi connectivity index (χ0v) is 11.6. The SMILES string of the molecule is CCNC(CCOCCOC)c1cnccc1C. The van der Waals surface area contributed by atoms with Crippen LogP contribution in [-0.4, -0.2) is 38.5 Å². The van der Waals surface area contributed by atoms with Crippen molar-refractivity contribution in [1.29, 1.82) is 0 Å². The third-order valence-corrected chi connectivity index (χ3v) is 2.89. The molecule has 0 saturated carbocycles. The average molecular weight is 252 g/mol. The highest BCUT2D eigenvalue weighted by atomic mass is 16.5. The van der Waals surface area contributed by atoms with Crippen LogP contribution in [0.1, 0.15) is 30.5 Å². The Morgan fingerprint density at radius 1 is 1.33 bits per heavy atom. The van der Waals surface area contributed by atoms with Crippen LogP contribution in [0.25, 0.3) is 0 Å².